The second kappa shape index (κ2) is 8.48. The molecule has 0 saturated carbocycles. The van der Waals surface area contributed by atoms with Crippen LogP contribution in [0, 0.1) is 6.92 Å². The van der Waals surface area contributed by atoms with Crippen molar-refractivity contribution in [3.05, 3.63) is 59.8 Å². The zero-order chi connectivity index (χ0) is 18.8. The Hall–Kier alpha value is -2.79. The largest absolute Gasteiger partial charge is 0.465 e. The minimum atomic E-state index is -0.204. The molecule has 0 N–H and O–H groups in total. The summed E-state index contributed by atoms with van der Waals surface area (Å²) in [4.78, 5) is 18.9. The smallest absolute Gasteiger partial charge is 0.325 e. The molecule has 1 aliphatic rings. The lowest BCUT2D eigenvalue weighted by Crippen LogP contribution is -2.29. The van der Waals surface area contributed by atoms with Gasteiger partial charge in [0, 0.05) is 17.6 Å². The predicted octanol–water partition coefficient (Wildman–Crippen LogP) is 4.68. The van der Waals surface area contributed by atoms with Crippen LogP contribution in [0.1, 0.15) is 18.2 Å². The highest BCUT2D eigenvalue weighted by molar-refractivity contribution is 5.97. The van der Waals surface area contributed by atoms with Gasteiger partial charge in [-0.1, -0.05) is 18.2 Å². The summed E-state index contributed by atoms with van der Waals surface area (Å²) in [5.74, 6) is 1.34. The van der Waals surface area contributed by atoms with Crippen LogP contribution in [0.15, 0.2) is 48.5 Å². The van der Waals surface area contributed by atoms with Gasteiger partial charge in [-0.15, -0.1) is 12.4 Å². The Balaban J connectivity index is 0.00000225. The van der Waals surface area contributed by atoms with Crippen LogP contribution < -0.4 is 9.64 Å². The molecule has 2 heterocycles. The molecule has 3 aromatic rings. The minimum Gasteiger partial charge on any atom is -0.465 e. The van der Waals surface area contributed by atoms with Gasteiger partial charge >= 0.3 is 5.97 Å². The predicted molar refractivity (Wildman–Crippen MR) is 113 cm³/mol. The van der Waals surface area contributed by atoms with E-state index in [0.29, 0.717) is 6.61 Å². The third-order valence-corrected chi connectivity index (χ3v) is 4.79. The Morgan fingerprint density at radius 2 is 1.93 bits per heavy atom. The SMILES string of the molecule is CCOC(=O)CN1CCc2c(C)nc3ccc(Oc4ccccc4)cc3c21.Cl. The number of hydrogen-bond donors (Lipinski definition) is 0. The molecule has 1 aromatic heterocycles. The van der Waals surface area contributed by atoms with E-state index in [2.05, 4.69) is 4.90 Å². The van der Waals surface area contributed by atoms with Crippen molar-refractivity contribution in [2.75, 3.05) is 24.6 Å². The number of rotatable bonds is 5. The van der Waals surface area contributed by atoms with Gasteiger partial charge in [0.1, 0.15) is 18.0 Å². The molecule has 5 nitrogen and oxygen atoms in total. The Morgan fingerprint density at radius 3 is 2.68 bits per heavy atom. The van der Waals surface area contributed by atoms with Crippen LogP contribution in [0.4, 0.5) is 5.69 Å². The van der Waals surface area contributed by atoms with Crippen molar-refractivity contribution in [1.29, 1.82) is 0 Å². The number of anilines is 1. The molecule has 0 amide bonds. The average molecular weight is 399 g/mol. The van der Waals surface area contributed by atoms with Gasteiger partial charge in [0.25, 0.3) is 0 Å². The summed E-state index contributed by atoms with van der Waals surface area (Å²) in [6, 6.07) is 15.6. The van der Waals surface area contributed by atoms with E-state index in [4.69, 9.17) is 14.5 Å². The van der Waals surface area contributed by atoms with E-state index in [-0.39, 0.29) is 24.9 Å². The van der Waals surface area contributed by atoms with Gasteiger partial charge in [0.2, 0.25) is 0 Å². The molecule has 0 aliphatic carbocycles. The fraction of sp³-hybridized carbons (Fsp3) is 0.273. The molecule has 28 heavy (non-hydrogen) atoms. The van der Waals surface area contributed by atoms with Gasteiger partial charge < -0.3 is 14.4 Å². The van der Waals surface area contributed by atoms with E-state index in [9.17, 15) is 4.79 Å². The molecule has 0 radical (unpaired) electrons. The standard InChI is InChI=1S/C22H22N2O3.ClH/c1-3-26-21(25)14-24-12-11-18-15(2)23-20-10-9-17(13-19(20)22(18)24)27-16-7-5-4-6-8-16;/h4-10,13H,3,11-12,14H2,1-2H3;1H. The normalized spacial score (nSPS) is 12.4. The van der Waals surface area contributed by atoms with Crippen molar-refractivity contribution < 1.29 is 14.3 Å². The molecule has 146 valence electrons. The number of hydrogen-bond acceptors (Lipinski definition) is 5. The summed E-state index contributed by atoms with van der Waals surface area (Å²) >= 11 is 0. The summed E-state index contributed by atoms with van der Waals surface area (Å²) in [7, 11) is 0. The summed E-state index contributed by atoms with van der Waals surface area (Å²) in [6.45, 7) is 5.29. The van der Waals surface area contributed by atoms with Gasteiger partial charge in [0.05, 0.1) is 17.8 Å². The van der Waals surface area contributed by atoms with Crippen LogP contribution in [0.2, 0.25) is 0 Å². The first-order valence-electron chi connectivity index (χ1n) is 9.22. The zero-order valence-electron chi connectivity index (χ0n) is 16.0. The van der Waals surface area contributed by atoms with Crippen LogP contribution in [0.3, 0.4) is 0 Å². The van der Waals surface area contributed by atoms with Gasteiger partial charge in [-0.3, -0.25) is 9.78 Å². The Morgan fingerprint density at radius 1 is 1.14 bits per heavy atom. The van der Waals surface area contributed by atoms with E-state index < -0.39 is 0 Å². The number of aryl methyl sites for hydroxylation is 1. The van der Waals surface area contributed by atoms with E-state index >= 15 is 0 Å². The topological polar surface area (TPSA) is 51.7 Å². The lowest BCUT2D eigenvalue weighted by Gasteiger charge is -2.20. The van der Waals surface area contributed by atoms with Gasteiger partial charge in [0.15, 0.2) is 0 Å². The van der Waals surface area contributed by atoms with Crippen molar-refractivity contribution in [3.63, 3.8) is 0 Å². The third kappa shape index (κ3) is 3.90. The fourth-order valence-electron chi connectivity index (χ4n) is 3.61. The maximum absolute atomic E-state index is 12.0. The number of aromatic nitrogens is 1. The maximum Gasteiger partial charge on any atom is 0.325 e. The van der Waals surface area contributed by atoms with Crippen LogP contribution in [-0.2, 0) is 16.0 Å². The number of ether oxygens (including phenoxy) is 2. The van der Waals surface area contributed by atoms with Gasteiger partial charge in [-0.05, 0) is 56.2 Å². The van der Waals surface area contributed by atoms with Crippen molar-refractivity contribution in [2.24, 2.45) is 0 Å². The monoisotopic (exact) mass is 398 g/mol. The number of pyridine rings is 1. The number of halogens is 1. The quantitative estimate of drug-likeness (QED) is 0.584. The maximum atomic E-state index is 12.0. The molecular formula is C22H23ClN2O3. The van der Waals surface area contributed by atoms with Crippen molar-refractivity contribution in [3.8, 4) is 11.5 Å². The fourth-order valence-corrected chi connectivity index (χ4v) is 3.61. The number of para-hydroxylation sites is 1. The Labute approximate surface area is 170 Å². The van der Waals surface area contributed by atoms with Crippen molar-refractivity contribution in [2.45, 2.75) is 20.3 Å². The van der Waals surface area contributed by atoms with Crippen LogP contribution in [0.5, 0.6) is 11.5 Å². The molecule has 0 fully saturated rings. The second-order valence-corrected chi connectivity index (χ2v) is 6.60. The number of fused-ring (bicyclic) bond motifs is 3. The third-order valence-electron chi connectivity index (χ3n) is 4.79. The highest BCUT2D eigenvalue weighted by atomic mass is 35.5. The Kier molecular flexibility index (Phi) is 6.05. The van der Waals surface area contributed by atoms with E-state index in [0.717, 1.165) is 46.7 Å². The lowest BCUT2D eigenvalue weighted by molar-refractivity contribution is -0.141. The molecule has 0 unspecified atom stereocenters. The molecule has 1 aliphatic heterocycles. The zero-order valence-corrected chi connectivity index (χ0v) is 16.8. The lowest BCUT2D eigenvalue weighted by atomic mass is 10.1. The summed E-state index contributed by atoms with van der Waals surface area (Å²) in [6.07, 6.45) is 0.882. The second-order valence-electron chi connectivity index (χ2n) is 6.60. The molecule has 0 saturated heterocycles. The number of carbonyl (C=O) groups is 1. The molecular weight excluding hydrogens is 376 g/mol. The number of nitrogens with zero attached hydrogens (tertiary/aromatic N) is 2. The summed E-state index contributed by atoms with van der Waals surface area (Å²) in [5, 5.41) is 1.01. The van der Waals surface area contributed by atoms with E-state index in [1.54, 1.807) is 0 Å². The first-order valence-corrected chi connectivity index (χ1v) is 9.22. The first-order chi connectivity index (χ1) is 13.2. The van der Waals surface area contributed by atoms with Crippen molar-refractivity contribution >= 4 is 35.0 Å². The number of carbonyl (C=O) groups excluding carboxylic acids is 1. The van der Waals surface area contributed by atoms with Gasteiger partial charge in [-0.25, -0.2) is 0 Å². The van der Waals surface area contributed by atoms with Crippen LogP contribution in [-0.4, -0.2) is 30.6 Å². The first kappa shape index (κ1) is 20.0. The minimum absolute atomic E-state index is 0. The molecule has 0 spiro atoms. The van der Waals surface area contributed by atoms with E-state index in [1.165, 1.54) is 5.56 Å². The Bertz CT molecular complexity index is 992. The van der Waals surface area contributed by atoms with Gasteiger partial charge in [-0.2, -0.15) is 0 Å². The summed E-state index contributed by atoms with van der Waals surface area (Å²) < 4.78 is 11.1. The number of benzene rings is 2. The molecule has 0 bridgehead atoms. The van der Waals surface area contributed by atoms with Crippen LogP contribution in [0.25, 0.3) is 10.9 Å². The molecule has 0 atom stereocenters. The summed E-state index contributed by atoms with van der Waals surface area (Å²) in [5.41, 5.74) is 4.19. The van der Waals surface area contributed by atoms with E-state index in [1.807, 2.05) is 62.4 Å². The number of esters is 1. The van der Waals surface area contributed by atoms with Crippen molar-refractivity contribution in [1.82, 2.24) is 4.98 Å². The average Bonchev–Trinajstić information content (AvgIpc) is 3.08. The van der Waals surface area contributed by atoms with Crippen LogP contribution >= 0.6 is 12.4 Å². The molecule has 2 aromatic carbocycles. The highest BCUT2D eigenvalue weighted by Gasteiger charge is 2.26. The molecule has 4 rings (SSSR count). The highest BCUT2D eigenvalue weighted by Crippen LogP contribution is 2.38. The molecule has 6 heteroatoms.